The van der Waals surface area contributed by atoms with Gasteiger partial charge in [0.15, 0.2) is 5.78 Å². The molecule has 70 valence electrons. The zero-order chi connectivity index (χ0) is 9.68. The Morgan fingerprint density at radius 1 is 1.54 bits per heavy atom. The predicted molar refractivity (Wildman–Crippen MR) is 60.8 cm³/mol. The molecule has 0 aliphatic heterocycles. The molecule has 0 amide bonds. The molecule has 0 bridgehead atoms. The number of benzene rings is 1. The topological polar surface area (TPSA) is 26.3 Å². The van der Waals surface area contributed by atoms with Gasteiger partial charge >= 0.3 is 0 Å². The van der Waals surface area contributed by atoms with Crippen LogP contribution in [0.4, 0.5) is 0 Å². The third-order valence-electron chi connectivity index (χ3n) is 1.71. The molecule has 2 nitrogen and oxygen atoms in total. The van der Waals surface area contributed by atoms with Gasteiger partial charge in [0.2, 0.25) is 0 Å². The largest absolute Gasteiger partial charge is 0.497 e. The summed E-state index contributed by atoms with van der Waals surface area (Å²) >= 11 is 2.20. The summed E-state index contributed by atoms with van der Waals surface area (Å²) < 4.78 is 5.88. The first-order chi connectivity index (χ1) is 6.27. The quantitative estimate of drug-likeness (QED) is 0.484. The molecule has 0 aromatic heterocycles. The van der Waals surface area contributed by atoms with Crippen molar-refractivity contribution in [3.63, 3.8) is 0 Å². The van der Waals surface area contributed by atoms with Gasteiger partial charge in [0, 0.05) is 16.4 Å². The van der Waals surface area contributed by atoms with Gasteiger partial charge in [0.05, 0.1) is 7.11 Å². The minimum Gasteiger partial charge on any atom is -0.497 e. The molecule has 1 aromatic carbocycles. The maximum Gasteiger partial charge on any atom is 0.163 e. The second-order valence-corrected chi connectivity index (χ2v) is 3.67. The number of hydrogen-bond donors (Lipinski definition) is 0. The van der Waals surface area contributed by atoms with Crippen LogP contribution < -0.4 is 4.74 Å². The second-order valence-electron chi connectivity index (χ2n) is 2.59. The molecule has 0 saturated heterocycles. The molecule has 0 spiro atoms. The van der Waals surface area contributed by atoms with Crippen molar-refractivity contribution in [2.24, 2.45) is 0 Å². The molecule has 0 aliphatic carbocycles. The van der Waals surface area contributed by atoms with Crippen LogP contribution in [0.5, 0.6) is 5.75 Å². The number of halogens is 1. The van der Waals surface area contributed by atoms with Crippen LogP contribution in [0, 0.1) is 0 Å². The SMILES string of the molecule is COc1cccc(C(=O)CCI)c1. The van der Waals surface area contributed by atoms with Crippen molar-refractivity contribution < 1.29 is 9.53 Å². The van der Waals surface area contributed by atoms with E-state index in [4.69, 9.17) is 4.74 Å². The van der Waals surface area contributed by atoms with Crippen LogP contribution in [0.25, 0.3) is 0 Å². The van der Waals surface area contributed by atoms with E-state index in [1.807, 2.05) is 18.2 Å². The number of methoxy groups -OCH3 is 1. The molecular weight excluding hydrogens is 279 g/mol. The number of carbonyl (C=O) groups is 1. The van der Waals surface area contributed by atoms with Gasteiger partial charge in [-0.05, 0) is 12.1 Å². The first-order valence-electron chi connectivity index (χ1n) is 4.01. The molecule has 0 unspecified atom stereocenters. The van der Waals surface area contributed by atoms with Crippen molar-refractivity contribution in [2.75, 3.05) is 11.5 Å². The Hall–Kier alpha value is -0.580. The molecule has 0 heterocycles. The molecule has 3 heteroatoms. The average molecular weight is 290 g/mol. The normalized spacial score (nSPS) is 9.69. The summed E-state index contributed by atoms with van der Waals surface area (Å²) in [4.78, 5) is 11.5. The summed E-state index contributed by atoms with van der Waals surface area (Å²) in [6.07, 6.45) is 0.591. The molecule has 0 aliphatic rings. The molecule has 1 aromatic rings. The van der Waals surface area contributed by atoms with Gasteiger partial charge < -0.3 is 4.74 Å². The third kappa shape index (κ3) is 2.99. The second kappa shape index (κ2) is 5.21. The molecule has 0 atom stereocenters. The lowest BCUT2D eigenvalue weighted by Gasteiger charge is -2.02. The van der Waals surface area contributed by atoms with Crippen LogP contribution in [0.15, 0.2) is 24.3 Å². The van der Waals surface area contributed by atoms with Crippen molar-refractivity contribution in [1.29, 1.82) is 0 Å². The molecule has 0 saturated carbocycles. The van der Waals surface area contributed by atoms with Crippen LogP contribution in [0.1, 0.15) is 16.8 Å². The van der Waals surface area contributed by atoms with Gasteiger partial charge in [-0.2, -0.15) is 0 Å². The smallest absolute Gasteiger partial charge is 0.163 e. The lowest BCUT2D eigenvalue weighted by atomic mass is 10.1. The number of Topliss-reactive ketones (excluding diaryl/α,β-unsaturated/α-hetero) is 1. The summed E-state index contributed by atoms with van der Waals surface area (Å²) in [6, 6.07) is 7.26. The molecule has 13 heavy (non-hydrogen) atoms. The van der Waals surface area contributed by atoms with Crippen molar-refractivity contribution >= 4 is 28.4 Å². The average Bonchev–Trinajstić information content (AvgIpc) is 2.18. The van der Waals surface area contributed by atoms with Gasteiger partial charge in [-0.3, -0.25) is 4.79 Å². The van der Waals surface area contributed by atoms with E-state index >= 15 is 0 Å². The number of carbonyl (C=O) groups excluding carboxylic acids is 1. The zero-order valence-corrected chi connectivity index (χ0v) is 9.58. The standard InChI is InChI=1S/C10H11IO2/c1-13-9-4-2-3-8(7-9)10(12)5-6-11/h2-4,7H,5-6H2,1H3. The number of hydrogen-bond acceptors (Lipinski definition) is 2. The summed E-state index contributed by atoms with van der Waals surface area (Å²) in [5, 5.41) is 0. The number of rotatable bonds is 4. The highest BCUT2D eigenvalue weighted by molar-refractivity contribution is 14.1. The minimum atomic E-state index is 0.174. The highest BCUT2D eigenvalue weighted by Crippen LogP contribution is 2.14. The fourth-order valence-electron chi connectivity index (χ4n) is 1.03. The molecule has 0 fully saturated rings. The number of alkyl halides is 1. The van der Waals surface area contributed by atoms with E-state index in [0.717, 1.165) is 15.7 Å². The Balaban J connectivity index is 2.82. The van der Waals surface area contributed by atoms with Gasteiger partial charge in [-0.1, -0.05) is 34.7 Å². The fraction of sp³-hybridized carbons (Fsp3) is 0.300. The van der Waals surface area contributed by atoms with E-state index in [1.165, 1.54) is 0 Å². The van der Waals surface area contributed by atoms with Gasteiger partial charge in [-0.25, -0.2) is 0 Å². The Morgan fingerprint density at radius 2 is 2.31 bits per heavy atom. The van der Waals surface area contributed by atoms with Crippen LogP contribution in [-0.2, 0) is 0 Å². The summed E-state index contributed by atoms with van der Waals surface area (Å²) in [6.45, 7) is 0. The maximum atomic E-state index is 11.5. The van der Waals surface area contributed by atoms with E-state index < -0.39 is 0 Å². The molecule has 0 radical (unpaired) electrons. The summed E-state index contributed by atoms with van der Waals surface area (Å²) in [5.41, 5.74) is 0.732. The molecule has 0 N–H and O–H groups in total. The Bertz CT molecular complexity index is 297. The summed E-state index contributed by atoms with van der Waals surface area (Å²) in [5.74, 6) is 0.910. The van der Waals surface area contributed by atoms with Crippen LogP contribution >= 0.6 is 22.6 Å². The Morgan fingerprint density at radius 3 is 2.92 bits per heavy atom. The maximum absolute atomic E-state index is 11.5. The molecule has 1 rings (SSSR count). The van der Waals surface area contributed by atoms with Gasteiger partial charge in [0.25, 0.3) is 0 Å². The van der Waals surface area contributed by atoms with Crippen molar-refractivity contribution in [3.05, 3.63) is 29.8 Å². The van der Waals surface area contributed by atoms with Crippen molar-refractivity contribution in [3.8, 4) is 5.75 Å². The van der Waals surface area contributed by atoms with Gasteiger partial charge in [0.1, 0.15) is 5.75 Å². The third-order valence-corrected chi connectivity index (χ3v) is 2.25. The van der Waals surface area contributed by atoms with E-state index in [0.29, 0.717) is 6.42 Å². The lowest BCUT2D eigenvalue weighted by Crippen LogP contribution is -1.99. The van der Waals surface area contributed by atoms with Crippen LogP contribution in [-0.4, -0.2) is 17.3 Å². The number of ether oxygens (including phenoxy) is 1. The number of ketones is 1. The zero-order valence-electron chi connectivity index (χ0n) is 7.42. The summed E-state index contributed by atoms with van der Waals surface area (Å²) in [7, 11) is 1.60. The fourth-order valence-corrected chi connectivity index (χ4v) is 1.52. The van der Waals surface area contributed by atoms with Crippen LogP contribution in [0.3, 0.4) is 0 Å². The van der Waals surface area contributed by atoms with E-state index in [9.17, 15) is 4.79 Å². The van der Waals surface area contributed by atoms with Crippen LogP contribution in [0.2, 0.25) is 0 Å². The van der Waals surface area contributed by atoms with E-state index in [-0.39, 0.29) is 5.78 Å². The van der Waals surface area contributed by atoms with Gasteiger partial charge in [-0.15, -0.1) is 0 Å². The van der Waals surface area contributed by atoms with Crippen molar-refractivity contribution in [1.82, 2.24) is 0 Å². The highest BCUT2D eigenvalue weighted by Gasteiger charge is 2.04. The van der Waals surface area contributed by atoms with E-state index in [1.54, 1.807) is 13.2 Å². The first-order valence-corrected chi connectivity index (χ1v) is 5.53. The predicted octanol–water partition coefficient (Wildman–Crippen LogP) is 2.70. The Kier molecular flexibility index (Phi) is 4.21. The highest BCUT2D eigenvalue weighted by atomic mass is 127. The van der Waals surface area contributed by atoms with Crippen molar-refractivity contribution in [2.45, 2.75) is 6.42 Å². The monoisotopic (exact) mass is 290 g/mol. The van der Waals surface area contributed by atoms with E-state index in [2.05, 4.69) is 22.6 Å². The first kappa shape index (κ1) is 10.5. The molecular formula is C10H11IO2. The minimum absolute atomic E-state index is 0.174. The lowest BCUT2D eigenvalue weighted by molar-refractivity contribution is 0.0990. The Labute approximate surface area is 91.4 Å².